The molecule has 0 aliphatic carbocycles. The van der Waals surface area contributed by atoms with Crippen molar-refractivity contribution in [3.05, 3.63) is 0 Å². The molecule has 0 fully saturated rings. The maximum absolute atomic E-state index is 8.33. The smallest absolute Gasteiger partial charge is 0.392 e. The van der Waals surface area contributed by atoms with Crippen LogP contribution in [0.15, 0.2) is 0 Å². The summed E-state index contributed by atoms with van der Waals surface area (Å²) in [7, 11) is -2.75. The third-order valence-electron chi connectivity index (χ3n) is 0.929. The molecule has 0 amide bonds. The van der Waals surface area contributed by atoms with Crippen LogP contribution in [0.4, 0.5) is 0 Å². The molecule has 0 heterocycles. The fourth-order valence-electron chi connectivity index (χ4n) is 0.304. The van der Waals surface area contributed by atoms with E-state index in [-0.39, 0.29) is 6.10 Å². The minimum absolute atomic E-state index is 0.0123. The van der Waals surface area contributed by atoms with Crippen LogP contribution in [-0.4, -0.2) is 25.2 Å². The molecule has 0 saturated heterocycles. The average Bonchev–Trinajstić information content (AvgIpc) is 1.65. The van der Waals surface area contributed by atoms with E-state index in [1.54, 1.807) is 0 Å². The Labute approximate surface area is 50.9 Å². The SMILES string of the molecule is CCC(C)O[SiH](O)O. The largest absolute Gasteiger partial charge is 0.478 e. The Balaban J connectivity index is 3.10. The van der Waals surface area contributed by atoms with Crippen LogP contribution < -0.4 is 0 Å². The van der Waals surface area contributed by atoms with E-state index >= 15 is 0 Å². The van der Waals surface area contributed by atoms with Gasteiger partial charge < -0.3 is 14.0 Å². The summed E-state index contributed by atoms with van der Waals surface area (Å²) < 4.78 is 4.65. The highest BCUT2D eigenvalue weighted by Gasteiger charge is 2.06. The highest BCUT2D eigenvalue weighted by Crippen LogP contribution is 1.94. The van der Waals surface area contributed by atoms with E-state index in [0.717, 1.165) is 6.42 Å². The van der Waals surface area contributed by atoms with Gasteiger partial charge in [-0.15, -0.1) is 0 Å². The fourth-order valence-corrected chi connectivity index (χ4v) is 0.912. The quantitative estimate of drug-likeness (QED) is 0.514. The summed E-state index contributed by atoms with van der Waals surface area (Å²) in [6, 6.07) is 0. The van der Waals surface area contributed by atoms with Crippen LogP contribution in [0.25, 0.3) is 0 Å². The zero-order valence-electron chi connectivity index (χ0n) is 5.16. The van der Waals surface area contributed by atoms with E-state index in [1.165, 1.54) is 0 Å². The third-order valence-corrected chi connectivity index (χ3v) is 1.64. The molecule has 0 aromatic rings. The summed E-state index contributed by atoms with van der Waals surface area (Å²) in [4.78, 5) is 16.7. The van der Waals surface area contributed by atoms with Gasteiger partial charge in [0.1, 0.15) is 0 Å². The molecule has 4 heteroatoms. The fraction of sp³-hybridized carbons (Fsp3) is 1.00. The second kappa shape index (κ2) is 4.02. The van der Waals surface area contributed by atoms with Crippen LogP contribution in [-0.2, 0) is 4.43 Å². The second-order valence-corrected chi connectivity index (χ2v) is 2.61. The van der Waals surface area contributed by atoms with Crippen molar-refractivity contribution in [2.24, 2.45) is 0 Å². The van der Waals surface area contributed by atoms with E-state index in [0.29, 0.717) is 0 Å². The van der Waals surface area contributed by atoms with E-state index < -0.39 is 9.53 Å². The van der Waals surface area contributed by atoms with E-state index in [9.17, 15) is 0 Å². The topological polar surface area (TPSA) is 49.7 Å². The summed E-state index contributed by atoms with van der Waals surface area (Å²) in [6.07, 6.45) is 0.812. The lowest BCUT2D eigenvalue weighted by Crippen LogP contribution is -2.22. The summed E-state index contributed by atoms with van der Waals surface area (Å²) in [6.45, 7) is 3.74. The Bertz CT molecular complexity index is 57.2. The lowest BCUT2D eigenvalue weighted by atomic mass is 10.3. The van der Waals surface area contributed by atoms with Crippen molar-refractivity contribution < 1.29 is 14.0 Å². The average molecular weight is 136 g/mol. The van der Waals surface area contributed by atoms with Crippen molar-refractivity contribution in [2.75, 3.05) is 0 Å². The second-order valence-electron chi connectivity index (χ2n) is 1.68. The van der Waals surface area contributed by atoms with Crippen molar-refractivity contribution in [1.29, 1.82) is 0 Å². The molecule has 1 atom stereocenters. The van der Waals surface area contributed by atoms with Crippen LogP contribution in [0, 0.1) is 0 Å². The van der Waals surface area contributed by atoms with Crippen LogP contribution in [0.3, 0.4) is 0 Å². The standard InChI is InChI=1S/C4H12O3Si/c1-3-4(2)7-8(5)6/h4-6,8H,3H2,1-2H3. The molecule has 0 saturated carbocycles. The Hall–Kier alpha value is 0.0969. The molecule has 0 bridgehead atoms. The predicted molar refractivity (Wildman–Crippen MR) is 32.4 cm³/mol. The molecule has 50 valence electrons. The van der Waals surface area contributed by atoms with Gasteiger partial charge in [0.2, 0.25) is 0 Å². The molecule has 2 N–H and O–H groups in total. The zero-order chi connectivity index (χ0) is 6.57. The van der Waals surface area contributed by atoms with E-state index in [1.807, 2.05) is 13.8 Å². The van der Waals surface area contributed by atoms with Crippen molar-refractivity contribution in [2.45, 2.75) is 26.4 Å². The summed E-state index contributed by atoms with van der Waals surface area (Å²) in [5.41, 5.74) is 0. The first-order valence-electron chi connectivity index (χ1n) is 2.68. The first-order chi connectivity index (χ1) is 3.66. The maximum Gasteiger partial charge on any atom is 0.478 e. The first kappa shape index (κ1) is 8.10. The van der Waals surface area contributed by atoms with Gasteiger partial charge in [0.05, 0.1) is 0 Å². The monoisotopic (exact) mass is 136 g/mol. The van der Waals surface area contributed by atoms with Crippen LogP contribution in [0.1, 0.15) is 20.3 Å². The molecule has 0 aromatic heterocycles. The molecular formula is C4H12O3Si. The van der Waals surface area contributed by atoms with Gasteiger partial charge in [0.25, 0.3) is 0 Å². The highest BCUT2D eigenvalue weighted by atomic mass is 28.3. The third kappa shape index (κ3) is 4.26. The van der Waals surface area contributed by atoms with Gasteiger partial charge in [0, 0.05) is 6.10 Å². The predicted octanol–water partition coefficient (Wildman–Crippen LogP) is -0.497. The van der Waals surface area contributed by atoms with Crippen LogP contribution in [0.2, 0.25) is 0 Å². The van der Waals surface area contributed by atoms with E-state index in [4.69, 9.17) is 9.59 Å². The van der Waals surface area contributed by atoms with Gasteiger partial charge in [-0.05, 0) is 13.3 Å². The van der Waals surface area contributed by atoms with Crippen LogP contribution >= 0.6 is 0 Å². The minimum Gasteiger partial charge on any atom is -0.392 e. The van der Waals surface area contributed by atoms with Crippen molar-refractivity contribution in [3.8, 4) is 0 Å². The zero-order valence-corrected chi connectivity index (χ0v) is 6.32. The molecule has 0 radical (unpaired) electrons. The highest BCUT2D eigenvalue weighted by molar-refractivity contribution is 6.32. The molecule has 0 aliphatic rings. The number of rotatable bonds is 3. The summed E-state index contributed by atoms with van der Waals surface area (Å²) >= 11 is 0. The molecule has 0 aromatic carbocycles. The van der Waals surface area contributed by atoms with Gasteiger partial charge in [0.15, 0.2) is 0 Å². The normalized spacial score (nSPS) is 14.6. The van der Waals surface area contributed by atoms with Gasteiger partial charge in [-0.2, -0.15) is 0 Å². The molecule has 0 spiro atoms. The lowest BCUT2D eigenvalue weighted by molar-refractivity contribution is 0.127. The lowest BCUT2D eigenvalue weighted by Gasteiger charge is -2.09. The Morgan fingerprint density at radius 3 is 2.25 bits per heavy atom. The van der Waals surface area contributed by atoms with Crippen LogP contribution in [0.5, 0.6) is 0 Å². The molecule has 3 nitrogen and oxygen atoms in total. The van der Waals surface area contributed by atoms with Crippen molar-refractivity contribution >= 4 is 9.53 Å². The molecular weight excluding hydrogens is 124 g/mol. The number of hydrogen-bond acceptors (Lipinski definition) is 3. The van der Waals surface area contributed by atoms with Gasteiger partial charge in [-0.3, -0.25) is 0 Å². The van der Waals surface area contributed by atoms with Gasteiger partial charge in [-0.1, -0.05) is 6.92 Å². The maximum atomic E-state index is 8.33. The number of hydrogen-bond donors (Lipinski definition) is 2. The minimum atomic E-state index is -2.75. The summed E-state index contributed by atoms with van der Waals surface area (Å²) in [5, 5.41) is 0. The summed E-state index contributed by atoms with van der Waals surface area (Å²) in [5.74, 6) is 0. The van der Waals surface area contributed by atoms with E-state index in [2.05, 4.69) is 4.43 Å². The molecule has 8 heavy (non-hydrogen) atoms. The Kier molecular flexibility index (Phi) is 4.07. The molecule has 0 rings (SSSR count). The Morgan fingerprint density at radius 2 is 2.12 bits per heavy atom. The van der Waals surface area contributed by atoms with Crippen molar-refractivity contribution in [1.82, 2.24) is 0 Å². The van der Waals surface area contributed by atoms with Gasteiger partial charge >= 0.3 is 9.53 Å². The first-order valence-corrected chi connectivity index (χ1v) is 4.18. The Morgan fingerprint density at radius 1 is 1.62 bits per heavy atom. The van der Waals surface area contributed by atoms with Crippen molar-refractivity contribution in [3.63, 3.8) is 0 Å². The molecule has 0 aliphatic heterocycles. The van der Waals surface area contributed by atoms with Gasteiger partial charge in [-0.25, -0.2) is 0 Å². The molecule has 1 unspecified atom stereocenters.